The number of nitrogens with zero attached hydrogens (tertiary/aromatic N) is 1. The summed E-state index contributed by atoms with van der Waals surface area (Å²) in [6.07, 6.45) is 11.3. The summed E-state index contributed by atoms with van der Waals surface area (Å²) >= 11 is 0. The van der Waals surface area contributed by atoms with Crippen molar-refractivity contribution in [3.8, 4) is 11.3 Å². The van der Waals surface area contributed by atoms with E-state index >= 15 is 0 Å². The first-order chi connectivity index (χ1) is 24.0. The van der Waals surface area contributed by atoms with Crippen molar-refractivity contribution in [1.29, 1.82) is 0 Å². The maximum absolute atomic E-state index is 14.6. The molecule has 1 fully saturated rings. The molecule has 1 aliphatic rings. The van der Waals surface area contributed by atoms with Crippen LogP contribution in [0.25, 0.3) is 32.8 Å². The number of hydrogen-bond acceptors (Lipinski definition) is 3. The van der Waals surface area contributed by atoms with Crippen LogP contribution in [0.1, 0.15) is 117 Å². The maximum Gasteiger partial charge on any atom is 0.162 e. The minimum Gasteiger partial charge on any atom is -0.512 e. The molecular weight excluding hydrogens is 750 g/mol. The zero-order valence-electron chi connectivity index (χ0n) is 33.7. The van der Waals surface area contributed by atoms with E-state index in [2.05, 4.69) is 24.0 Å². The van der Waals surface area contributed by atoms with Gasteiger partial charge in [0.05, 0.1) is 5.76 Å². The molecule has 1 unspecified atom stereocenters. The van der Waals surface area contributed by atoms with Crippen molar-refractivity contribution < 1.29 is 42.6 Å². The summed E-state index contributed by atoms with van der Waals surface area (Å²) in [7, 11) is 0. The predicted octanol–water partition coefficient (Wildman–Crippen LogP) is 11.8. The number of hydrogen-bond donors (Lipinski definition) is 1. The van der Waals surface area contributed by atoms with E-state index in [0.29, 0.717) is 28.3 Å². The zero-order chi connectivity index (χ0) is 37.7. The molecule has 5 heteroatoms. The van der Waals surface area contributed by atoms with Crippen LogP contribution in [0.2, 0.25) is 0 Å². The van der Waals surface area contributed by atoms with Crippen molar-refractivity contribution in [2.24, 2.45) is 17.8 Å². The van der Waals surface area contributed by atoms with Crippen LogP contribution in [-0.2, 0) is 24.9 Å². The molecule has 0 spiro atoms. The monoisotopic (exact) mass is 807 g/mol. The van der Waals surface area contributed by atoms with E-state index in [1.807, 2.05) is 33.8 Å². The van der Waals surface area contributed by atoms with Crippen LogP contribution in [0.5, 0.6) is 0 Å². The quantitative estimate of drug-likeness (QED) is 0.0752. The van der Waals surface area contributed by atoms with E-state index in [1.54, 1.807) is 12.3 Å². The molecule has 5 rings (SSSR count). The molecule has 0 amide bonds. The van der Waals surface area contributed by atoms with Gasteiger partial charge in [0, 0.05) is 52.4 Å². The van der Waals surface area contributed by atoms with Crippen molar-refractivity contribution >= 4 is 27.3 Å². The summed E-state index contributed by atoms with van der Waals surface area (Å²) in [6, 6.07) is 14.2. The van der Waals surface area contributed by atoms with E-state index < -0.39 is 13.7 Å². The number of rotatable bonds is 10. The molecule has 0 bridgehead atoms. The average molecular weight is 807 g/mol. The fraction of sp³-hybridized carbons (Fsp3) is 0.463. The average Bonchev–Trinajstić information content (AvgIpc) is 3.63. The minimum atomic E-state index is -2.54. The number of aromatic nitrogens is 1. The molecule has 1 heterocycles. The van der Waals surface area contributed by atoms with Crippen LogP contribution in [0.4, 0.5) is 4.39 Å². The molecule has 0 aliphatic heterocycles. The third-order valence-corrected chi connectivity index (χ3v) is 9.66. The smallest absolute Gasteiger partial charge is 0.162 e. The van der Waals surface area contributed by atoms with E-state index in [0.717, 1.165) is 48.1 Å². The minimum absolute atomic E-state index is 0. The molecule has 1 N–H and O–H groups in total. The van der Waals surface area contributed by atoms with Crippen molar-refractivity contribution in [1.82, 2.24) is 4.98 Å². The number of benzene rings is 3. The van der Waals surface area contributed by atoms with Crippen LogP contribution >= 0.6 is 0 Å². The third-order valence-electron chi connectivity index (χ3n) is 9.66. The number of ketones is 1. The zero-order valence-corrected chi connectivity index (χ0v) is 30.1. The van der Waals surface area contributed by atoms with E-state index in [4.69, 9.17) is 8.22 Å². The van der Waals surface area contributed by atoms with Crippen molar-refractivity contribution in [2.75, 3.05) is 0 Å². The fourth-order valence-electron chi connectivity index (χ4n) is 6.87. The Hall–Kier alpha value is -2.88. The van der Waals surface area contributed by atoms with Gasteiger partial charge in [-0.3, -0.25) is 4.79 Å². The van der Waals surface area contributed by atoms with Gasteiger partial charge in [0.2, 0.25) is 0 Å². The van der Waals surface area contributed by atoms with Crippen molar-refractivity contribution in [2.45, 2.75) is 106 Å². The van der Waals surface area contributed by atoms with Crippen LogP contribution in [-0.4, -0.2) is 15.9 Å². The SMILES string of the molecule is CCC(CC)C(=O)/C=C(\O)C(CC)CC.[2H]C([2H])([2H])c1[c-]c(-c2nccc3cc(C(C)C4CCCC4)c4ccc(F)cc4c23)cc(C([2H])([2H])[2H])c1.[Ir]. The van der Waals surface area contributed by atoms with Crippen LogP contribution in [0.15, 0.2) is 60.5 Å². The molecule has 1 aliphatic carbocycles. The molecule has 46 heavy (non-hydrogen) atoms. The van der Waals surface area contributed by atoms with Gasteiger partial charge >= 0.3 is 0 Å². The largest absolute Gasteiger partial charge is 0.512 e. The summed E-state index contributed by atoms with van der Waals surface area (Å²) in [4.78, 5) is 16.2. The second kappa shape index (κ2) is 17.3. The number of carbonyl (C=O) groups excluding carboxylic acids is 1. The van der Waals surface area contributed by atoms with Crippen LogP contribution in [0.3, 0.4) is 0 Å². The molecule has 4 aromatic rings. The Kier molecular flexibility index (Phi) is 11.0. The van der Waals surface area contributed by atoms with Gasteiger partial charge in [-0.25, -0.2) is 4.39 Å². The molecule has 1 saturated carbocycles. The van der Waals surface area contributed by atoms with Gasteiger partial charge in [-0.2, -0.15) is 0 Å². The first kappa shape index (κ1) is 29.3. The Labute approximate surface area is 297 Å². The molecule has 0 saturated heterocycles. The Morgan fingerprint density at radius 2 is 1.70 bits per heavy atom. The van der Waals surface area contributed by atoms with Crippen LogP contribution < -0.4 is 0 Å². The number of aryl methyl sites for hydroxylation is 2. The van der Waals surface area contributed by atoms with Crippen molar-refractivity contribution in [3.05, 3.63) is 89.1 Å². The summed E-state index contributed by atoms with van der Waals surface area (Å²) in [6.45, 7) is 5.26. The van der Waals surface area contributed by atoms with Gasteiger partial charge in [0.25, 0.3) is 0 Å². The van der Waals surface area contributed by atoms with Gasteiger partial charge in [-0.05, 0) is 101 Å². The molecule has 3 nitrogen and oxygen atoms in total. The summed E-state index contributed by atoms with van der Waals surface area (Å²) < 4.78 is 61.8. The first-order valence-corrected chi connectivity index (χ1v) is 16.6. The number of halogens is 1. The second-order valence-electron chi connectivity index (χ2n) is 12.4. The van der Waals surface area contributed by atoms with Crippen LogP contribution in [0, 0.1) is 43.3 Å². The Morgan fingerprint density at radius 3 is 2.33 bits per heavy atom. The summed E-state index contributed by atoms with van der Waals surface area (Å²) in [5.74, 6) is 1.04. The first-order valence-electron chi connectivity index (χ1n) is 19.6. The number of carbonyl (C=O) groups is 1. The number of aliphatic hydroxyl groups excluding tert-OH is 1. The van der Waals surface area contributed by atoms with Gasteiger partial charge in [-0.1, -0.05) is 73.3 Å². The Balaban J connectivity index is 0.000000389. The topological polar surface area (TPSA) is 50.2 Å². The number of aliphatic hydroxyl groups is 1. The van der Waals surface area contributed by atoms with E-state index in [1.165, 1.54) is 50.0 Å². The van der Waals surface area contributed by atoms with Crippen molar-refractivity contribution in [3.63, 3.8) is 0 Å². The predicted molar refractivity (Wildman–Crippen MR) is 187 cm³/mol. The Morgan fingerprint density at radius 1 is 1.00 bits per heavy atom. The van der Waals surface area contributed by atoms with Gasteiger partial charge in [-0.15, -0.1) is 34.9 Å². The number of allylic oxidation sites excluding steroid dienone is 2. The second-order valence-corrected chi connectivity index (χ2v) is 12.4. The van der Waals surface area contributed by atoms with E-state index in [-0.39, 0.29) is 66.0 Å². The number of fused-ring (bicyclic) bond motifs is 3. The molecule has 249 valence electrons. The summed E-state index contributed by atoms with van der Waals surface area (Å²) in [5, 5.41) is 12.9. The molecule has 3 aromatic carbocycles. The molecular formula is C41H51FIrNO2-. The summed E-state index contributed by atoms with van der Waals surface area (Å²) in [5.41, 5.74) is 1.53. The molecule has 1 radical (unpaired) electrons. The number of pyridine rings is 1. The normalized spacial score (nSPS) is 16.9. The van der Waals surface area contributed by atoms with Gasteiger partial charge in [0.15, 0.2) is 5.78 Å². The molecule has 1 atom stereocenters. The Bertz CT molecular complexity index is 1830. The third kappa shape index (κ3) is 8.72. The standard InChI is InChI=1S/C28H27FN.C13H24O2.Ir/c1-17-12-18(2)14-22(13-17)28-27-21(10-11-30-28)15-25(19(3)20-6-4-5-7-20)24-9-8-23(29)16-26(24)27;1-5-10(6-2)12(14)9-13(15)11(7-3)8-4;/h8-13,15-16,19-20H,4-7H2,1-3H3;9-11,14H,5-8H2,1-4H3;/q-1;;/b;12-9-;/i1D3,2D3;;. The van der Waals surface area contributed by atoms with E-state index in [9.17, 15) is 14.3 Å². The van der Waals surface area contributed by atoms with Gasteiger partial charge < -0.3 is 10.1 Å². The fourth-order valence-corrected chi connectivity index (χ4v) is 6.87. The maximum atomic E-state index is 14.6. The molecule has 1 aromatic heterocycles. The van der Waals surface area contributed by atoms with Gasteiger partial charge in [0.1, 0.15) is 5.82 Å².